The second-order valence-corrected chi connectivity index (χ2v) is 4.48. The summed E-state index contributed by atoms with van der Waals surface area (Å²) in [5, 5.41) is 0. The van der Waals surface area contributed by atoms with E-state index in [2.05, 4.69) is 20.9 Å². The van der Waals surface area contributed by atoms with E-state index < -0.39 is 0 Å². The molecular formula is C14H12BrNO2. The lowest BCUT2D eigenvalue weighted by atomic mass is 10.1. The number of carbonyl (C=O) groups excluding carboxylic acids is 1. The molecule has 4 heteroatoms. The molecule has 0 N–H and O–H groups in total. The predicted octanol–water partition coefficient (Wildman–Crippen LogP) is 3.69. The van der Waals surface area contributed by atoms with Crippen LogP contribution in [-0.4, -0.2) is 17.6 Å². The number of carbonyl (C=O) groups is 1. The van der Waals surface area contributed by atoms with Crippen molar-refractivity contribution in [3.05, 3.63) is 52.6 Å². The van der Waals surface area contributed by atoms with E-state index in [-0.39, 0.29) is 5.97 Å². The maximum Gasteiger partial charge on any atom is 0.339 e. The number of esters is 1. The maximum atomic E-state index is 11.6. The second kappa shape index (κ2) is 5.78. The molecule has 2 rings (SSSR count). The van der Waals surface area contributed by atoms with E-state index >= 15 is 0 Å². The molecule has 0 fully saturated rings. The minimum Gasteiger partial charge on any atom is -0.462 e. The largest absolute Gasteiger partial charge is 0.462 e. The van der Waals surface area contributed by atoms with Gasteiger partial charge in [-0.25, -0.2) is 4.79 Å². The van der Waals surface area contributed by atoms with Crippen LogP contribution in [0.5, 0.6) is 0 Å². The number of hydrogen-bond acceptors (Lipinski definition) is 3. The summed E-state index contributed by atoms with van der Waals surface area (Å²) in [4.78, 5) is 15.9. The number of nitrogens with zero attached hydrogens (tertiary/aromatic N) is 1. The van der Waals surface area contributed by atoms with Gasteiger partial charge >= 0.3 is 5.97 Å². The average Bonchev–Trinajstić information content (AvgIpc) is 2.40. The molecule has 0 atom stereocenters. The zero-order valence-electron chi connectivity index (χ0n) is 9.89. The number of pyridine rings is 1. The molecule has 0 saturated heterocycles. The van der Waals surface area contributed by atoms with Crippen molar-refractivity contribution in [1.82, 2.24) is 4.98 Å². The van der Waals surface area contributed by atoms with Gasteiger partial charge in [-0.1, -0.05) is 12.1 Å². The lowest BCUT2D eigenvalue weighted by molar-refractivity contribution is 0.0525. The Hall–Kier alpha value is -1.68. The Morgan fingerprint density at radius 3 is 2.78 bits per heavy atom. The third kappa shape index (κ3) is 2.76. The smallest absolute Gasteiger partial charge is 0.339 e. The van der Waals surface area contributed by atoms with Crippen LogP contribution in [0.25, 0.3) is 11.3 Å². The van der Waals surface area contributed by atoms with Crippen LogP contribution in [0.4, 0.5) is 0 Å². The summed E-state index contributed by atoms with van der Waals surface area (Å²) in [5.41, 5.74) is 2.35. The molecule has 1 aromatic heterocycles. The van der Waals surface area contributed by atoms with Gasteiger partial charge in [-0.3, -0.25) is 4.98 Å². The molecule has 92 valence electrons. The van der Waals surface area contributed by atoms with E-state index in [1.54, 1.807) is 19.2 Å². The SMILES string of the molecule is CCOC(=O)c1ccc(-c2ccccn2)cc1Br. The number of hydrogen-bond donors (Lipinski definition) is 0. The summed E-state index contributed by atoms with van der Waals surface area (Å²) in [5.74, 6) is -0.322. The van der Waals surface area contributed by atoms with Crippen molar-refractivity contribution in [3.8, 4) is 11.3 Å². The lowest BCUT2D eigenvalue weighted by Gasteiger charge is -2.06. The average molecular weight is 306 g/mol. The highest BCUT2D eigenvalue weighted by molar-refractivity contribution is 9.10. The summed E-state index contributed by atoms with van der Waals surface area (Å²) in [6.07, 6.45) is 1.74. The number of benzene rings is 1. The van der Waals surface area contributed by atoms with Gasteiger partial charge in [0.15, 0.2) is 0 Å². The van der Waals surface area contributed by atoms with Crippen molar-refractivity contribution in [2.45, 2.75) is 6.92 Å². The summed E-state index contributed by atoms with van der Waals surface area (Å²) in [6.45, 7) is 2.15. The van der Waals surface area contributed by atoms with Gasteiger partial charge in [-0.05, 0) is 47.1 Å². The number of halogens is 1. The Labute approximate surface area is 114 Å². The third-order valence-electron chi connectivity index (χ3n) is 2.43. The van der Waals surface area contributed by atoms with Gasteiger partial charge < -0.3 is 4.74 Å². The molecule has 0 bridgehead atoms. The number of rotatable bonds is 3. The molecule has 0 saturated carbocycles. The molecule has 1 aromatic carbocycles. The van der Waals surface area contributed by atoms with Crippen LogP contribution in [0.15, 0.2) is 47.1 Å². The molecule has 0 spiro atoms. The van der Waals surface area contributed by atoms with Gasteiger partial charge in [-0.2, -0.15) is 0 Å². The van der Waals surface area contributed by atoms with Crippen LogP contribution in [-0.2, 0) is 4.74 Å². The Bertz CT molecular complexity index is 555. The van der Waals surface area contributed by atoms with Gasteiger partial charge in [0.2, 0.25) is 0 Å². The van der Waals surface area contributed by atoms with Crippen LogP contribution < -0.4 is 0 Å². The minimum atomic E-state index is -0.322. The van der Waals surface area contributed by atoms with Crippen molar-refractivity contribution in [3.63, 3.8) is 0 Å². The second-order valence-electron chi connectivity index (χ2n) is 3.63. The van der Waals surface area contributed by atoms with Gasteiger partial charge in [-0.15, -0.1) is 0 Å². The van der Waals surface area contributed by atoms with E-state index in [0.29, 0.717) is 16.6 Å². The van der Waals surface area contributed by atoms with Crippen LogP contribution >= 0.6 is 15.9 Å². The highest BCUT2D eigenvalue weighted by Gasteiger charge is 2.12. The van der Waals surface area contributed by atoms with Crippen LogP contribution in [0.2, 0.25) is 0 Å². The van der Waals surface area contributed by atoms with E-state index in [4.69, 9.17) is 4.74 Å². The van der Waals surface area contributed by atoms with E-state index in [1.165, 1.54) is 0 Å². The summed E-state index contributed by atoms with van der Waals surface area (Å²) in [6, 6.07) is 11.2. The first-order valence-corrected chi connectivity index (χ1v) is 6.39. The molecule has 2 aromatic rings. The summed E-state index contributed by atoms with van der Waals surface area (Å²) >= 11 is 3.39. The Morgan fingerprint density at radius 1 is 1.33 bits per heavy atom. The molecule has 0 aliphatic heterocycles. The topological polar surface area (TPSA) is 39.2 Å². The molecule has 0 radical (unpaired) electrons. The fraction of sp³-hybridized carbons (Fsp3) is 0.143. The van der Waals surface area contributed by atoms with Gasteiger partial charge in [0.05, 0.1) is 17.9 Å². The monoisotopic (exact) mass is 305 g/mol. The summed E-state index contributed by atoms with van der Waals surface area (Å²) in [7, 11) is 0. The van der Waals surface area contributed by atoms with Crippen LogP contribution in [0, 0.1) is 0 Å². The first-order chi connectivity index (χ1) is 8.72. The van der Waals surface area contributed by atoms with E-state index in [0.717, 1.165) is 11.3 Å². The molecule has 0 unspecified atom stereocenters. The number of aromatic nitrogens is 1. The van der Waals surface area contributed by atoms with Gasteiger partial charge in [0.25, 0.3) is 0 Å². The first-order valence-electron chi connectivity index (χ1n) is 5.60. The fourth-order valence-corrected chi connectivity index (χ4v) is 2.12. The predicted molar refractivity (Wildman–Crippen MR) is 73.3 cm³/mol. The normalized spacial score (nSPS) is 10.1. The maximum absolute atomic E-state index is 11.6. The van der Waals surface area contributed by atoms with Crippen molar-refractivity contribution >= 4 is 21.9 Å². The van der Waals surface area contributed by atoms with Crippen molar-refractivity contribution in [2.75, 3.05) is 6.61 Å². The Morgan fingerprint density at radius 2 is 2.17 bits per heavy atom. The molecule has 0 aliphatic carbocycles. The molecule has 3 nitrogen and oxygen atoms in total. The highest BCUT2D eigenvalue weighted by Crippen LogP contribution is 2.25. The summed E-state index contributed by atoms with van der Waals surface area (Å²) < 4.78 is 5.68. The zero-order valence-corrected chi connectivity index (χ0v) is 11.5. The lowest BCUT2D eigenvalue weighted by Crippen LogP contribution is -2.05. The Balaban J connectivity index is 2.34. The van der Waals surface area contributed by atoms with Gasteiger partial charge in [0, 0.05) is 16.2 Å². The molecule has 1 heterocycles. The first kappa shape index (κ1) is 12.8. The quantitative estimate of drug-likeness (QED) is 0.812. The van der Waals surface area contributed by atoms with Crippen LogP contribution in [0.1, 0.15) is 17.3 Å². The van der Waals surface area contributed by atoms with Crippen LogP contribution in [0.3, 0.4) is 0 Å². The Kier molecular flexibility index (Phi) is 4.10. The van der Waals surface area contributed by atoms with E-state index in [1.807, 2.05) is 30.3 Å². The van der Waals surface area contributed by atoms with E-state index in [9.17, 15) is 4.79 Å². The van der Waals surface area contributed by atoms with Gasteiger partial charge in [0.1, 0.15) is 0 Å². The zero-order chi connectivity index (χ0) is 13.0. The number of ether oxygens (including phenoxy) is 1. The van der Waals surface area contributed by atoms with Crippen molar-refractivity contribution < 1.29 is 9.53 Å². The molecular weight excluding hydrogens is 294 g/mol. The highest BCUT2D eigenvalue weighted by atomic mass is 79.9. The minimum absolute atomic E-state index is 0.322. The third-order valence-corrected chi connectivity index (χ3v) is 3.08. The molecule has 18 heavy (non-hydrogen) atoms. The molecule has 0 aliphatic rings. The van der Waals surface area contributed by atoms with Crippen molar-refractivity contribution in [2.24, 2.45) is 0 Å². The standard InChI is InChI=1S/C14H12BrNO2/c1-2-18-14(17)11-7-6-10(9-12(11)15)13-5-3-4-8-16-13/h3-9H,2H2,1H3. The molecule has 0 amide bonds. The van der Waals surface area contributed by atoms with Crippen molar-refractivity contribution in [1.29, 1.82) is 0 Å². The fourth-order valence-electron chi connectivity index (χ4n) is 1.58.